The molecule has 2 amide bonds. The number of carbonyl (C=O) groups excluding carboxylic acids is 2. The molecule has 0 bridgehead atoms. The Hall–Kier alpha value is -2.92. The molecule has 1 aliphatic heterocycles. The number of piperidine rings is 1. The molecule has 1 aromatic heterocycles. The Kier molecular flexibility index (Phi) is 6.82. The number of amides is 2. The van der Waals surface area contributed by atoms with Crippen LogP contribution in [0, 0.1) is 5.92 Å². The van der Waals surface area contributed by atoms with Gasteiger partial charge >= 0.3 is 0 Å². The van der Waals surface area contributed by atoms with E-state index in [1.54, 1.807) is 16.2 Å². The predicted octanol–water partition coefficient (Wildman–Crippen LogP) is 4.93. The van der Waals surface area contributed by atoms with Crippen LogP contribution in [0.2, 0.25) is 0 Å². The molecule has 0 spiro atoms. The predicted molar refractivity (Wildman–Crippen MR) is 125 cm³/mol. The first-order valence-electron chi connectivity index (χ1n) is 10.8. The van der Waals surface area contributed by atoms with E-state index >= 15 is 0 Å². The molecule has 0 saturated carbocycles. The molecule has 0 radical (unpaired) electrons. The van der Waals surface area contributed by atoms with Gasteiger partial charge in [-0.15, -0.1) is 11.3 Å². The van der Waals surface area contributed by atoms with Crippen molar-refractivity contribution in [2.45, 2.75) is 31.8 Å². The van der Waals surface area contributed by atoms with Crippen LogP contribution >= 0.6 is 11.3 Å². The average molecular weight is 433 g/mol. The standard InChI is InChI=1S/C26H28N2O2S/c1-27(18-20-9-4-2-5-10-20)26(30)22-14-15-24(21-11-6-3-7-12-21)28(19-22)25(29)17-23-13-8-16-31-23/h2-13,16,22,24H,14-15,17-19H2,1H3/t22-,24-/m0/s1. The van der Waals surface area contributed by atoms with Crippen molar-refractivity contribution in [3.8, 4) is 0 Å². The molecule has 1 fully saturated rings. The lowest BCUT2D eigenvalue weighted by molar-refractivity contribution is -0.142. The van der Waals surface area contributed by atoms with Crippen LogP contribution in [0.25, 0.3) is 0 Å². The van der Waals surface area contributed by atoms with Crippen molar-refractivity contribution in [1.82, 2.24) is 9.80 Å². The van der Waals surface area contributed by atoms with Crippen molar-refractivity contribution in [3.63, 3.8) is 0 Å². The Bertz CT molecular complexity index is 989. The van der Waals surface area contributed by atoms with Crippen LogP contribution < -0.4 is 0 Å². The van der Waals surface area contributed by atoms with Gasteiger partial charge in [0.25, 0.3) is 0 Å². The molecule has 0 N–H and O–H groups in total. The van der Waals surface area contributed by atoms with Crippen LogP contribution in [0.5, 0.6) is 0 Å². The molecular weight excluding hydrogens is 404 g/mol. The Morgan fingerprint density at radius 2 is 1.68 bits per heavy atom. The number of thiophene rings is 1. The van der Waals surface area contributed by atoms with Crippen molar-refractivity contribution < 1.29 is 9.59 Å². The van der Waals surface area contributed by atoms with Crippen molar-refractivity contribution in [1.29, 1.82) is 0 Å². The fourth-order valence-corrected chi connectivity index (χ4v) is 5.08. The van der Waals surface area contributed by atoms with E-state index in [9.17, 15) is 9.59 Å². The monoisotopic (exact) mass is 432 g/mol. The van der Waals surface area contributed by atoms with E-state index in [1.165, 1.54) is 0 Å². The second kappa shape index (κ2) is 9.92. The zero-order valence-corrected chi connectivity index (χ0v) is 18.6. The van der Waals surface area contributed by atoms with Gasteiger partial charge < -0.3 is 9.80 Å². The maximum Gasteiger partial charge on any atom is 0.228 e. The van der Waals surface area contributed by atoms with E-state index in [1.807, 2.05) is 78.0 Å². The molecule has 160 valence electrons. The van der Waals surface area contributed by atoms with Crippen LogP contribution in [0.4, 0.5) is 0 Å². The number of carbonyl (C=O) groups is 2. The maximum atomic E-state index is 13.3. The summed E-state index contributed by atoms with van der Waals surface area (Å²) in [5.74, 6) is 0.0461. The fourth-order valence-electron chi connectivity index (χ4n) is 4.38. The zero-order chi connectivity index (χ0) is 21.6. The summed E-state index contributed by atoms with van der Waals surface area (Å²) in [7, 11) is 1.86. The minimum atomic E-state index is -0.166. The second-order valence-electron chi connectivity index (χ2n) is 8.18. The van der Waals surface area contributed by atoms with Gasteiger partial charge in [-0.05, 0) is 35.4 Å². The molecule has 3 aromatic rings. The SMILES string of the molecule is CN(Cc1ccccc1)C(=O)[C@H]1CC[C@@H](c2ccccc2)N(C(=O)Cc2cccs2)C1. The summed E-state index contributed by atoms with van der Waals surface area (Å²) < 4.78 is 0. The van der Waals surface area contributed by atoms with Crippen LogP contribution in [-0.4, -0.2) is 35.2 Å². The highest BCUT2D eigenvalue weighted by atomic mass is 32.1. The van der Waals surface area contributed by atoms with E-state index in [4.69, 9.17) is 0 Å². The molecule has 1 aliphatic rings. The lowest BCUT2D eigenvalue weighted by Crippen LogP contribution is -2.47. The summed E-state index contributed by atoms with van der Waals surface area (Å²) in [5.41, 5.74) is 2.26. The summed E-state index contributed by atoms with van der Waals surface area (Å²) >= 11 is 1.60. The topological polar surface area (TPSA) is 40.6 Å². The molecule has 2 heterocycles. The Balaban J connectivity index is 1.50. The maximum absolute atomic E-state index is 13.3. The molecule has 4 nitrogen and oxygen atoms in total. The molecule has 5 heteroatoms. The van der Waals surface area contributed by atoms with E-state index < -0.39 is 0 Å². The minimum absolute atomic E-state index is 0.0251. The Morgan fingerprint density at radius 3 is 2.35 bits per heavy atom. The van der Waals surface area contributed by atoms with Gasteiger partial charge in [-0.3, -0.25) is 9.59 Å². The third-order valence-corrected chi connectivity index (χ3v) is 6.86. The van der Waals surface area contributed by atoms with Crippen LogP contribution in [0.3, 0.4) is 0 Å². The van der Waals surface area contributed by atoms with Gasteiger partial charge in [0.2, 0.25) is 11.8 Å². The highest BCUT2D eigenvalue weighted by molar-refractivity contribution is 7.10. The molecule has 31 heavy (non-hydrogen) atoms. The van der Waals surface area contributed by atoms with Crippen molar-refractivity contribution in [3.05, 3.63) is 94.2 Å². The number of rotatable bonds is 6. The molecular formula is C26H28N2O2S. The lowest BCUT2D eigenvalue weighted by atomic mass is 9.87. The fraction of sp³-hybridized carbons (Fsp3) is 0.308. The molecule has 1 saturated heterocycles. The second-order valence-corrected chi connectivity index (χ2v) is 9.22. The van der Waals surface area contributed by atoms with E-state index in [-0.39, 0.29) is 23.8 Å². The first-order valence-corrected chi connectivity index (χ1v) is 11.7. The van der Waals surface area contributed by atoms with Gasteiger partial charge in [0.15, 0.2) is 0 Å². The minimum Gasteiger partial charge on any atom is -0.341 e. The largest absolute Gasteiger partial charge is 0.341 e. The summed E-state index contributed by atoms with van der Waals surface area (Å²) in [5, 5.41) is 2.00. The Morgan fingerprint density at radius 1 is 0.968 bits per heavy atom. The molecule has 4 rings (SSSR count). The molecule has 2 aromatic carbocycles. The quantitative estimate of drug-likeness (QED) is 0.554. The average Bonchev–Trinajstić information content (AvgIpc) is 3.32. The van der Waals surface area contributed by atoms with Gasteiger partial charge in [0.05, 0.1) is 18.4 Å². The number of likely N-dealkylation sites (tertiary alicyclic amines) is 1. The van der Waals surface area contributed by atoms with E-state index in [0.29, 0.717) is 19.5 Å². The van der Waals surface area contributed by atoms with Crippen molar-refractivity contribution in [2.75, 3.05) is 13.6 Å². The van der Waals surface area contributed by atoms with Crippen LogP contribution in [0.1, 0.15) is 34.9 Å². The third-order valence-electron chi connectivity index (χ3n) is 5.98. The van der Waals surface area contributed by atoms with Crippen LogP contribution in [-0.2, 0) is 22.6 Å². The molecule has 0 aliphatic carbocycles. The lowest BCUT2D eigenvalue weighted by Gasteiger charge is -2.40. The van der Waals surface area contributed by atoms with Gasteiger partial charge in [0.1, 0.15) is 0 Å². The van der Waals surface area contributed by atoms with Gasteiger partial charge in [-0.25, -0.2) is 0 Å². The molecule has 2 atom stereocenters. The summed E-state index contributed by atoms with van der Waals surface area (Å²) in [4.78, 5) is 31.3. The highest BCUT2D eigenvalue weighted by Crippen LogP contribution is 2.35. The van der Waals surface area contributed by atoms with Gasteiger partial charge in [-0.2, -0.15) is 0 Å². The molecule has 0 unspecified atom stereocenters. The van der Waals surface area contributed by atoms with Crippen molar-refractivity contribution >= 4 is 23.2 Å². The Labute approximate surface area is 188 Å². The van der Waals surface area contributed by atoms with Crippen molar-refractivity contribution in [2.24, 2.45) is 5.92 Å². The van der Waals surface area contributed by atoms with E-state index in [0.717, 1.165) is 28.8 Å². The van der Waals surface area contributed by atoms with Crippen LogP contribution in [0.15, 0.2) is 78.2 Å². The van der Waals surface area contributed by atoms with Gasteiger partial charge in [-0.1, -0.05) is 66.7 Å². The van der Waals surface area contributed by atoms with E-state index in [2.05, 4.69) is 12.1 Å². The van der Waals surface area contributed by atoms with Gasteiger partial charge in [0, 0.05) is 25.0 Å². The first kappa shape index (κ1) is 21.3. The number of benzene rings is 2. The number of nitrogens with zero attached hydrogens (tertiary/aromatic N) is 2. The first-order chi connectivity index (χ1) is 15.1. The normalized spacial score (nSPS) is 18.5. The zero-order valence-electron chi connectivity index (χ0n) is 17.8. The third kappa shape index (κ3) is 5.23. The number of hydrogen-bond acceptors (Lipinski definition) is 3. The highest BCUT2D eigenvalue weighted by Gasteiger charge is 2.36. The summed E-state index contributed by atoms with van der Waals surface area (Å²) in [6.07, 6.45) is 1.98. The summed E-state index contributed by atoms with van der Waals surface area (Å²) in [6.45, 7) is 1.06. The number of hydrogen-bond donors (Lipinski definition) is 0. The summed E-state index contributed by atoms with van der Waals surface area (Å²) in [6, 6.07) is 24.2. The smallest absolute Gasteiger partial charge is 0.228 e.